The summed E-state index contributed by atoms with van der Waals surface area (Å²) in [5.74, 6) is 0. The van der Waals surface area contributed by atoms with E-state index in [9.17, 15) is 4.79 Å². The molecule has 0 aliphatic rings. The van der Waals surface area contributed by atoms with Crippen LogP contribution in [0.3, 0.4) is 0 Å². The first kappa shape index (κ1) is 16.0. The minimum atomic E-state index is -1.16. The largest absolute Gasteiger partial charge is 0.508 e. The molecule has 0 aromatic rings. The van der Waals surface area contributed by atoms with Gasteiger partial charge < -0.3 is 13.9 Å². The summed E-state index contributed by atoms with van der Waals surface area (Å²) < 4.78 is 13.5. The van der Waals surface area contributed by atoms with E-state index in [1.807, 2.05) is 0 Å². The van der Waals surface area contributed by atoms with Crippen molar-refractivity contribution < 1.29 is 18.7 Å². The van der Waals surface area contributed by atoms with Gasteiger partial charge in [-0.1, -0.05) is 23.2 Å². The molecule has 7 heteroatoms. The molecular weight excluding hydrogens is 271 g/mol. The molecule has 0 unspecified atom stereocenters. The lowest BCUT2D eigenvalue weighted by Crippen LogP contribution is -2.25. The second-order valence-electron chi connectivity index (χ2n) is 4.26. The third-order valence-corrected chi connectivity index (χ3v) is 3.42. The van der Waals surface area contributed by atoms with Gasteiger partial charge in [0, 0.05) is 6.42 Å². The van der Waals surface area contributed by atoms with Crippen LogP contribution in [0, 0.1) is 0 Å². The first-order chi connectivity index (χ1) is 7.16. The molecule has 0 amide bonds. The Kier molecular flexibility index (Phi) is 6.70. The molecule has 16 heavy (non-hydrogen) atoms. The standard InChI is InChI=1S/C9H18Cl2O4Si/c1-8(2,3)14-7(12)13-6-4-5-9(10,11)15-16/h4-6H2,1-3,16H3. The van der Waals surface area contributed by atoms with E-state index in [0.717, 1.165) is 0 Å². The summed E-state index contributed by atoms with van der Waals surface area (Å²) in [5.41, 5.74) is -0.544. The third-order valence-electron chi connectivity index (χ3n) is 1.52. The van der Waals surface area contributed by atoms with Crippen LogP contribution in [-0.4, -0.2) is 33.4 Å². The Morgan fingerprint density at radius 1 is 1.31 bits per heavy atom. The van der Waals surface area contributed by atoms with Gasteiger partial charge in [0.15, 0.2) is 0 Å². The molecule has 0 heterocycles. The molecule has 0 saturated carbocycles. The number of ether oxygens (including phenoxy) is 2. The number of hydrogen-bond donors (Lipinski definition) is 0. The summed E-state index contributed by atoms with van der Waals surface area (Å²) in [7, 11) is 0.460. The highest BCUT2D eigenvalue weighted by molar-refractivity contribution is 6.48. The summed E-state index contributed by atoms with van der Waals surface area (Å²) in [4.78, 5) is 11.1. The van der Waals surface area contributed by atoms with Crippen molar-refractivity contribution in [3.63, 3.8) is 0 Å². The second kappa shape index (κ2) is 6.69. The molecule has 4 nitrogen and oxygen atoms in total. The highest BCUT2D eigenvalue weighted by Crippen LogP contribution is 2.26. The van der Waals surface area contributed by atoms with Crippen molar-refractivity contribution >= 4 is 39.8 Å². The predicted molar refractivity (Wildman–Crippen MR) is 66.9 cm³/mol. The number of rotatable bonds is 5. The number of halogens is 2. The molecule has 0 radical (unpaired) electrons. The minimum absolute atomic E-state index is 0.209. The van der Waals surface area contributed by atoms with Crippen molar-refractivity contribution in [3.05, 3.63) is 0 Å². The van der Waals surface area contributed by atoms with E-state index >= 15 is 0 Å². The second-order valence-corrected chi connectivity index (χ2v) is 6.08. The zero-order valence-corrected chi connectivity index (χ0v) is 13.5. The SMILES string of the molecule is CC(C)(C)OC(=O)OCCCC(Cl)(Cl)O[SiH3]. The van der Waals surface area contributed by atoms with Crippen LogP contribution >= 0.6 is 23.2 Å². The van der Waals surface area contributed by atoms with Crippen molar-refractivity contribution in [2.24, 2.45) is 0 Å². The summed E-state index contributed by atoms with van der Waals surface area (Å²) in [6.07, 6.45) is 0.241. The summed E-state index contributed by atoms with van der Waals surface area (Å²) >= 11 is 11.5. The van der Waals surface area contributed by atoms with Crippen molar-refractivity contribution in [3.8, 4) is 0 Å². The van der Waals surface area contributed by atoms with Crippen LogP contribution in [0.5, 0.6) is 0 Å². The summed E-state index contributed by atoms with van der Waals surface area (Å²) in [6.45, 7) is 5.52. The molecule has 0 aromatic carbocycles. The lowest BCUT2D eigenvalue weighted by Gasteiger charge is -2.20. The average Bonchev–Trinajstić information content (AvgIpc) is 2.10. The Morgan fingerprint density at radius 2 is 1.88 bits per heavy atom. The molecule has 0 aliphatic heterocycles. The van der Waals surface area contributed by atoms with Gasteiger partial charge in [-0.2, -0.15) is 0 Å². The van der Waals surface area contributed by atoms with Crippen molar-refractivity contribution in [2.45, 2.75) is 43.7 Å². The number of alkyl halides is 2. The normalized spacial score (nSPS) is 12.6. The lowest BCUT2D eigenvalue weighted by molar-refractivity contribution is -0.00835. The average molecular weight is 289 g/mol. The van der Waals surface area contributed by atoms with E-state index in [2.05, 4.69) is 0 Å². The molecule has 96 valence electrons. The maximum Gasteiger partial charge on any atom is 0.508 e. The van der Waals surface area contributed by atoms with Gasteiger partial charge in [0.05, 0.1) is 6.61 Å². The van der Waals surface area contributed by atoms with Crippen LogP contribution < -0.4 is 0 Å². The Labute approximate surface area is 109 Å². The molecule has 0 atom stereocenters. The molecule has 0 fully saturated rings. The Balaban J connectivity index is 3.64. The van der Waals surface area contributed by atoms with Gasteiger partial charge in [-0.15, -0.1) is 0 Å². The van der Waals surface area contributed by atoms with E-state index in [1.165, 1.54) is 0 Å². The molecule has 0 spiro atoms. The van der Waals surface area contributed by atoms with Gasteiger partial charge in [0.1, 0.15) is 16.1 Å². The third kappa shape index (κ3) is 9.27. The molecule has 0 aliphatic carbocycles. The van der Waals surface area contributed by atoms with Gasteiger partial charge in [-0.25, -0.2) is 4.79 Å². The Hall–Kier alpha value is 0.0269. The molecule has 0 rings (SSSR count). The minimum Gasteiger partial charge on any atom is -0.434 e. The van der Waals surface area contributed by atoms with Crippen molar-refractivity contribution in [2.75, 3.05) is 6.61 Å². The van der Waals surface area contributed by atoms with Crippen LogP contribution in [0.4, 0.5) is 4.79 Å². The summed E-state index contributed by atoms with van der Waals surface area (Å²) in [5, 5.41) is 0. The van der Waals surface area contributed by atoms with E-state index < -0.39 is 16.3 Å². The van der Waals surface area contributed by atoms with Gasteiger partial charge in [0.2, 0.25) is 4.52 Å². The lowest BCUT2D eigenvalue weighted by atomic mass is 10.2. The van der Waals surface area contributed by atoms with Crippen LogP contribution in [0.2, 0.25) is 0 Å². The van der Waals surface area contributed by atoms with Gasteiger partial charge >= 0.3 is 6.16 Å². The van der Waals surface area contributed by atoms with Crippen LogP contribution in [0.15, 0.2) is 0 Å². The maximum atomic E-state index is 11.1. The highest BCUT2D eigenvalue weighted by atomic mass is 35.5. The van der Waals surface area contributed by atoms with E-state index in [1.54, 1.807) is 20.8 Å². The van der Waals surface area contributed by atoms with Crippen LogP contribution in [-0.2, 0) is 13.9 Å². The van der Waals surface area contributed by atoms with Crippen molar-refractivity contribution in [1.29, 1.82) is 0 Å². The molecule has 0 aromatic heterocycles. The first-order valence-electron chi connectivity index (χ1n) is 4.95. The number of carbonyl (C=O) groups is 1. The molecular formula is C9H18Cl2O4Si. The fourth-order valence-corrected chi connectivity index (χ4v) is 1.29. The highest BCUT2D eigenvalue weighted by Gasteiger charge is 2.22. The zero-order chi connectivity index (χ0) is 12.8. The fourth-order valence-electron chi connectivity index (χ4n) is 0.815. The van der Waals surface area contributed by atoms with Gasteiger partial charge in [0.25, 0.3) is 0 Å². The van der Waals surface area contributed by atoms with E-state index in [-0.39, 0.29) is 6.61 Å². The quantitative estimate of drug-likeness (QED) is 0.337. The molecule has 0 N–H and O–H groups in total. The Bertz CT molecular complexity index is 228. The van der Waals surface area contributed by atoms with Crippen LogP contribution in [0.25, 0.3) is 0 Å². The summed E-state index contributed by atoms with van der Waals surface area (Å²) in [6, 6.07) is 0. The van der Waals surface area contributed by atoms with Crippen LogP contribution in [0.1, 0.15) is 33.6 Å². The maximum absolute atomic E-state index is 11.1. The van der Waals surface area contributed by atoms with E-state index in [0.29, 0.717) is 23.3 Å². The predicted octanol–water partition coefficient (Wildman–Crippen LogP) is 2.15. The zero-order valence-electron chi connectivity index (χ0n) is 10.0. The fraction of sp³-hybridized carbons (Fsp3) is 0.889. The van der Waals surface area contributed by atoms with Gasteiger partial charge in [-0.3, -0.25) is 0 Å². The van der Waals surface area contributed by atoms with Crippen molar-refractivity contribution in [1.82, 2.24) is 0 Å². The number of hydrogen-bond acceptors (Lipinski definition) is 4. The van der Waals surface area contributed by atoms with E-state index in [4.69, 9.17) is 37.1 Å². The Morgan fingerprint density at radius 3 is 2.31 bits per heavy atom. The smallest absolute Gasteiger partial charge is 0.434 e. The molecule has 0 saturated heterocycles. The molecule has 0 bridgehead atoms. The monoisotopic (exact) mass is 288 g/mol. The topological polar surface area (TPSA) is 44.8 Å². The van der Waals surface area contributed by atoms with Gasteiger partial charge in [-0.05, 0) is 27.2 Å². The first-order valence-corrected chi connectivity index (χ1v) is 6.52. The number of carbonyl (C=O) groups excluding carboxylic acids is 1.